The van der Waals surface area contributed by atoms with Crippen LogP contribution in [0.3, 0.4) is 0 Å². The Morgan fingerprint density at radius 3 is 2.37 bits per heavy atom. The molecular weight excluding hydrogens is 436 g/mol. The van der Waals surface area contributed by atoms with Gasteiger partial charge in [-0.1, -0.05) is 5.64 Å². The number of thiocarbonyl (C=S) groups is 2. The van der Waals surface area contributed by atoms with Gasteiger partial charge in [0.05, 0.1) is 0 Å². The van der Waals surface area contributed by atoms with E-state index in [0.29, 0.717) is 0 Å². The molecule has 19 heavy (non-hydrogen) atoms. The summed E-state index contributed by atoms with van der Waals surface area (Å²) in [6.07, 6.45) is 0. The van der Waals surface area contributed by atoms with Crippen LogP contribution in [0, 0.1) is 0 Å². The van der Waals surface area contributed by atoms with Crippen molar-refractivity contribution in [2.45, 2.75) is 5.50 Å². The molecule has 0 aromatic carbocycles. The predicted octanol–water partition coefficient (Wildman–Crippen LogP) is -0.626. The van der Waals surface area contributed by atoms with E-state index in [-0.39, 0.29) is 14.1 Å². The first-order valence-electron chi connectivity index (χ1n) is 4.33. The maximum atomic E-state index is 8.51. The summed E-state index contributed by atoms with van der Waals surface area (Å²) in [5.74, 6) is 0.906. The van der Waals surface area contributed by atoms with Crippen LogP contribution in [0.25, 0.3) is 0 Å². The Bertz CT molecular complexity index is 350. The second-order valence-electron chi connectivity index (χ2n) is 2.58. The van der Waals surface area contributed by atoms with Crippen LogP contribution in [0.5, 0.6) is 0 Å². The molecule has 0 amide bonds. The summed E-state index contributed by atoms with van der Waals surface area (Å²) in [6, 6.07) is 0. The Labute approximate surface area is 143 Å². The number of hydrogen-bond acceptors (Lipinski definition) is 11. The first-order valence-corrected chi connectivity index (χ1v) is 8.65. The summed E-state index contributed by atoms with van der Waals surface area (Å²) in [6.45, 7) is 0.814. The molecule has 1 aliphatic heterocycles. The summed E-state index contributed by atoms with van der Waals surface area (Å²) in [7, 11) is 0. The van der Waals surface area contributed by atoms with Gasteiger partial charge < -0.3 is 49.7 Å². The van der Waals surface area contributed by atoms with Gasteiger partial charge in [-0.15, -0.1) is 16.7 Å². The molecular formula is C5H8MoN4O4S5. The fourth-order valence-corrected chi connectivity index (χ4v) is 2.81. The van der Waals surface area contributed by atoms with Crippen LogP contribution in [0.15, 0.2) is 0 Å². The summed E-state index contributed by atoms with van der Waals surface area (Å²) >= 11 is 19.0. The van der Waals surface area contributed by atoms with Crippen LogP contribution >= 0.6 is 36.2 Å². The van der Waals surface area contributed by atoms with E-state index >= 15 is 0 Å². The summed E-state index contributed by atoms with van der Waals surface area (Å²) in [5, 5.41) is 14.0. The first kappa shape index (κ1) is 19.7. The zero-order chi connectivity index (χ0) is 14.8. The van der Waals surface area contributed by atoms with Gasteiger partial charge in [-0.25, -0.2) is 0 Å². The Morgan fingerprint density at radius 1 is 1.47 bits per heavy atom. The minimum absolute atomic E-state index is 0.0527. The number of nitrogens with one attached hydrogen (secondary N) is 2. The average Bonchev–Trinajstić information content (AvgIpc) is 2.82. The van der Waals surface area contributed by atoms with Gasteiger partial charge in [-0.2, -0.15) is 5.17 Å². The summed E-state index contributed by atoms with van der Waals surface area (Å²) in [5.41, 5.74) is 1.29. The molecule has 1 aliphatic rings. The molecule has 14 heteroatoms. The third kappa shape index (κ3) is 7.31. The molecule has 1 rings (SSSR count). The quantitative estimate of drug-likeness (QED) is 0.224. The van der Waals surface area contributed by atoms with Gasteiger partial charge in [0.1, 0.15) is 5.50 Å². The van der Waals surface area contributed by atoms with Crippen LogP contribution in [0.4, 0.5) is 0 Å². The SMILES string of the molecule is ONON(C(=S)[S-])N(C(=S)[S-])C1NCCS1.[O]=[Mo+2]=[O]. The molecule has 108 valence electrons. The van der Waals surface area contributed by atoms with E-state index in [0.717, 1.165) is 17.5 Å². The van der Waals surface area contributed by atoms with E-state index in [1.807, 2.05) is 0 Å². The molecule has 0 bridgehead atoms. The first-order chi connectivity index (χ1) is 8.99. The zero-order valence-electron chi connectivity index (χ0n) is 9.01. The summed E-state index contributed by atoms with van der Waals surface area (Å²) in [4.78, 5) is 4.65. The van der Waals surface area contributed by atoms with E-state index in [1.165, 1.54) is 10.7 Å². The number of hydrazine groups is 1. The van der Waals surface area contributed by atoms with E-state index in [4.69, 9.17) is 61.7 Å². The van der Waals surface area contributed by atoms with Crippen molar-refractivity contribution in [1.82, 2.24) is 21.1 Å². The van der Waals surface area contributed by atoms with Crippen LogP contribution < -0.4 is 11.0 Å². The molecule has 1 saturated heterocycles. The molecule has 3 N–H and O–H groups in total. The fourth-order valence-electron chi connectivity index (χ4n) is 1.04. The van der Waals surface area contributed by atoms with Gasteiger partial charge in [0.25, 0.3) is 0 Å². The monoisotopic (exact) mass is 446 g/mol. The van der Waals surface area contributed by atoms with Crippen molar-refractivity contribution in [3.05, 3.63) is 0 Å². The third-order valence-corrected chi connectivity index (χ3v) is 3.39. The Kier molecular flexibility index (Phi) is 11.8. The van der Waals surface area contributed by atoms with Crippen LogP contribution in [0.2, 0.25) is 0 Å². The Morgan fingerprint density at radius 2 is 2.05 bits per heavy atom. The molecule has 0 aromatic rings. The van der Waals surface area contributed by atoms with Crippen molar-refractivity contribution in [1.29, 1.82) is 0 Å². The molecule has 1 unspecified atom stereocenters. The summed E-state index contributed by atoms with van der Waals surface area (Å²) < 4.78 is 17.1. The zero-order valence-corrected chi connectivity index (χ0v) is 15.1. The molecule has 0 saturated carbocycles. The van der Waals surface area contributed by atoms with Gasteiger partial charge >= 0.3 is 25.3 Å². The standard InChI is InChI=1S/C5H10N4O2S5.Mo.2O/c10-7-11-9(5(14)15)8(4(12)13)3-6-1-2-16-3;;;/h3,6-7,10H,1-2H2,(H,12,13)(H,14,15);;;/q;+2;;/p-2. The average molecular weight is 444 g/mol. The van der Waals surface area contributed by atoms with Gasteiger partial charge in [0.15, 0.2) is 0 Å². The molecule has 8 nitrogen and oxygen atoms in total. The van der Waals surface area contributed by atoms with Crippen molar-refractivity contribution >= 4 is 70.1 Å². The number of rotatable bonds is 3. The molecule has 1 fully saturated rings. The number of thioether (sulfide) groups is 1. The van der Waals surface area contributed by atoms with Gasteiger partial charge in [0.2, 0.25) is 0 Å². The number of hydroxylamine groups is 1. The van der Waals surface area contributed by atoms with Gasteiger partial charge in [-0.05, 0) is 8.64 Å². The fraction of sp³-hybridized carbons (Fsp3) is 0.600. The molecule has 0 spiro atoms. The predicted molar refractivity (Wildman–Crippen MR) is 75.2 cm³/mol. The topological polar surface area (TPSA) is 94.1 Å². The van der Waals surface area contributed by atoms with Crippen molar-refractivity contribution in [2.24, 2.45) is 0 Å². The van der Waals surface area contributed by atoms with Crippen molar-refractivity contribution < 1.29 is 35.4 Å². The number of nitrogens with zero attached hydrogens (tertiary/aromatic N) is 2. The molecule has 1 atom stereocenters. The van der Waals surface area contributed by atoms with E-state index in [9.17, 15) is 0 Å². The molecule has 0 radical (unpaired) electrons. The van der Waals surface area contributed by atoms with Crippen LogP contribution in [-0.4, -0.2) is 41.8 Å². The second-order valence-corrected chi connectivity index (χ2v) is 6.16. The van der Waals surface area contributed by atoms with Gasteiger partial charge in [0, 0.05) is 12.3 Å². The van der Waals surface area contributed by atoms with E-state index in [2.05, 4.69) is 10.3 Å². The normalized spacial score (nSPS) is 16.8. The maximum absolute atomic E-state index is 8.51. The Hall–Kier alpha value is 0.698. The molecule has 0 aromatic heterocycles. The number of hydrogen-bond donors (Lipinski definition) is 3. The third-order valence-electron chi connectivity index (χ3n) is 1.59. The van der Waals surface area contributed by atoms with Gasteiger partial charge in [-0.3, -0.25) is 15.5 Å². The van der Waals surface area contributed by atoms with Crippen LogP contribution in [-0.2, 0) is 55.5 Å². The minimum atomic E-state index is -2.03. The Balaban J connectivity index is 0.000000982. The molecule has 1 heterocycles. The van der Waals surface area contributed by atoms with E-state index in [1.54, 1.807) is 11.8 Å². The molecule has 0 aliphatic carbocycles. The van der Waals surface area contributed by atoms with Crippen molar-refractivity contribution in [2.75, 3.05) is 12.3 Å². The van der Waals surface area contributed by atoms with Crippen molar-refractivity contribution in [3.8, 4) is 0 Å². The second kappa shape index (κ2) is 11.4. The van der Waals surface area contributed by atoms with E-state index < -0.39 is 18.5 Å². The van der Waals surface area contributed by atoms with Crippen LogP contribution in [0.1, 0.15) is 0 Å². The van der Waals surface area contributed by atoms with Crippen molar-refractivity contribution in [3.63, 3.8) is 0 Å².